The van der Waals surface area contributed by atoms with Crippen molar-refractivity contribution < 1.29 is 9.53 Å². The number of rotatable bonds is 4. The van der Waals surface area contributed by atoms with Crippen molar-refractivity contribution in [2.75, 3.05) is 39.8 Å². The van der Waals surface area contributed by atoms with Gasteiger partial charge in [-0.3, -0.25) is 9.69 Å². The largest absolute Gasteiger partial charge is 0.494 e. The number of nitrogens with zero attached hydrogens (tertiary/aromatic N) is 2. The average molecular weight is 343 g/mol. The highest BCUT2D eigenvalue weighted by atomic mass is 35.5. The monoisotopic (exact) mass is 342 g/mol. The van der Waals surface area contributed by atoms with E-state index in [0.29, 0.717) is 21.4 Å². The predicted octanol–water partition coefficient (Wildman–Crippen LogP) is 3.17. The smallest absolute Gasteiger partial charge is 0.259 e. The summed E-state index contributed by atoms with van der Waals surface area (Å²) >= 11 is 12.3. The lowest BCUT2D eigenvalue weighted by Crippen LogP contribution is -2.49. The van der Waals surface area contributed by atoms with Crippen LogP contribution in [-0.2, 0) is 0 Å². The molecule has 1 heterocycles. The van der Waals surface area contributed by atoms with E-state index in [1.54, 1.807) is 12.1 Å². The first-order valence-electron chi connectivity index (χ1n) is 7.63. The highest BCUT2D eigenvalue weighted by Gasteiger charge is 2.30. The number of carbonyl (C=O) groups is 1. The van der Waals surface area contributed by atoms with Gasteiger partial charge in [-0.05, 0) is 30.9 Å². The van der Waals surface area contributed by atoms with Gasteiger partial charge in [-0.25, -0.2) is 0 Å². The summed E-state index contributed by atoms with van der Waals surface area (Å²) in [6, 6.07) is 3.29. The van der Waals surface area contributed by atoms with Gasteiger partial charge in [0, 0.05) is 32.7 Å². The molecule has 6 heteroatoms. The van der Waals surface area contributed by atoms with Crippen LogP contribution in [0.25, 0.3) is 0 Å². The zero-order valence-electron chi connectivity index (χ0n) is 12.6. The van der Waals surface area contributed by atoms with Crippen LogP contribution in [-0.4, -0.2) is 55.5 Å². The van der Waals surface area contributed by atoms with E-state index in [4.69, 9.17) is 27.9 Å². The molecule has 0 bridgehead atoms. The molecule has 2 fully saturated rings. The molecule has 0 atom stereocenters. The maximum atomic E-state index is 12.8. The minimum Gasteiger partial charge on any atom is -0.494 e. The molecule has 1 aromatic carbocycles. The number of hydrogen-bond donors (Lipinski definition) is 0. The maximum Gasteiger partial charge on any atom is 0.259 e. The Hall–Kier alpha value is -0.970. The zero-order valence-corrected chi connectivity index (χ0v) is 14.2. The minimum absolute atomic E-state index is 0.101. The van der Waals surface area contributed by atoms with Crippen LogP contribution in [0.1, 0.15) is 23.2 Å². The van der Waals surface area contributed by atoms with Gasteiger partial charge in [0.15, 0.2) is 5.75 Å². The molecule has 4 nitrogen and oxygen atoms in total. The molecular weight excluding hydrogens is 323 g/mol. The SMILES string of the molecule is COc1c(Cl)ccc(Cl)c1C(=O)N1CCN(CC2CC2)CC1. The summed E-state index contributed by atoms with van der Waals surface area (Å²) in [6.45, 7) is 4.45. The quantitative estimate of drug-likeness (QED) is 0.842. The number of carbonyl (C=O) groups excluding carboxylic acids is 1. The molecule has 0 spiro atoms. The molecule has 0 unspecified atom stereocenters. The molecule has 1 amide bonds. The van der Waals surface area contributed by atoms with Crippen molar-refractivity contribution in [3.8, 4) is 5.75 Å². The molecule has 1 saturated carbocycles. The Labute approximate surface area is 140 Å². The second-order valence-electron chi connectivity index (χ2n) is 5.97. The van der Waals surface area contributed by atoms with Gasteiger partial charge in [0.1, 0.15) is 5.56 Å². The van der Waals surface area contributed by atoms with Gasteiger partial charge in [0.2, 0.25) is 0 Å². The van der Waals surface area contributed by atoms with Gasteiger partial charge in [-0.15, -0.1) is 0 Å². The highest BCUT2D eigenvalue weighted by Crippen LogP contribution is 2.35. The molecule has 1 aromatic rings. The number of benzene rings is 1. The third-order valence-corrected chi connectivity index (χ3v) is 4.96. The highest BCUT2D eigenvalue weighted by molar-refractivity contribution is 6.37. The Balaban J connectivity index is 1.70. The molecule has 0 aromatic heterocycles. The first-order chi connectivity index (χ1) is 10.6. The Kier molecular flexibility index (Phi) is 4.81. The summed E-state index contributed by atoms with van der Waals surface area (Å²) in [5.74, 6) is 1.14. The first kappa shape index (κ1) is 15.9. The van der Waals surface area contributed by atoms with Crippen molar-refractivity contribution in [3.63, 3.8) is 0 Å². The van der Waals surface area contributed by atoms with Crippen LogP contribution >= 0.6 is 23.2 Å². The van der Waals surface area contributed by atoms with E-state index < -0.39 is 0 Å². The topological polar surface area (TPSA) is 32.8 Å². The van der Waals surface area contributed by atoms with E-state index in [0.717, 1.165) is 32.1 Å². The number of piperazine rings is 1. The van der Waals surface area contributed by atoms with Gasteiger partial charge < -0.3 is 9.64 Å². The third-order valence-electron chi connectivity index (χ3n) is 4.35. The van der Waals surface area contributed by atoms with Gasteiger partial charge >= 0.3 is 0 Å². The fraction of sp³-hybridized carbons (Fsp3) is 0.562. The molecule has 120 valence electrons. The molecule has 1 saturated heterocycles. The molecule has 3 rings (SSSR count). The van der Waals surface area contributed by atoms with Gasteiger partial charge in [-0.2, -0.15) is 0 Å². The normalized spacial score (nSPS) is 19.3. The van der Waals surface area contributed by atoms with Crippen LogP contribution in [0.5, 0.6) is 5.75 Å². The molecular formula is C16H20Cl2N2O2. The average Bonchev–Trinajstić information content (AvgIpc) is 3.33. The molecule has 1 aliphatic carbocycles. The lowest BCUT2D eigenvalue weighted by molar-refractivity contribution is 0.0629. The van der Waals surface area contributed by atoms with Crippen LogP contribution in [0.2, 0.25) is 10.0 Å². The van der Waals surface area contributed by atoms with E-state index in [9.17, 15) is 4.79 Å². The molecule has 22 heavy (non-hydrogen) atoms. The van der Waals surface area contributed by atoms with Gasteiger partial charge in [0.05, 0.1) is 17.2 Å². The number of halogens is 2. The van der Waals surface area contributed by atoms with Crippen LogP contribution in [0, 0.1) is 5.92 Å². The van der Waals surface area contributed by atoms with E-state index in [2.05, 4.69) is 4.90 Å². The zero-order chi connectivity index (χ0) is 15.7. The molecule has 0 N–H and O–H groups in total. The van der Waals surface area contributed by atoms with E-state index in [1.807, 2.05) is 4.90 Å². The first-order valence-corrected chi connectivity index (χ1v) is 8.39. The standard InChI is InChI=1S/C16H20Cl2N2O2/c1-22-15-13(18)5-4-12(17)14(15)16(21)20-8-6-19(7-9-20)10-11-2-3-11/h4-5,11H,2-3,6-10H2,1H3. The van der Waals surface area contributed by atoms with Crippen molar-refractivity contribution in [2.45, 2.75) is 12.8 Å². The molecule has 1 aliphatic heterocycles. The number of methoxy groups -OCH3 is 1. The Morgan fingerprint density at radius 2 is 1.82 bits per heavy atom. The minimum atomic E-state index is -0.101. The van der Waals surface area contributed by atoms with Crippen molar-refractivity contribution in [3.05, 3.63) is 27.7 Å². The Bertz CT molecular complexity index is 568. The maximum absolute atomic E-state index is 12.8. The number of hydrogen-bond acceptors (Lipinski definition) is 3. The van der Waals surface area contributed by atoms with Crippen LogP contribution in [0.3, 0.4) is 0 Å². The summed E-state index contributed by atoms with van der Waals surface area (Å²) in [4.78, 5) is 17.1. The van der Waals surface area contributed by atoms with E-state index in [1.165, 1.54) is 26.5 Å². The fourth-order valence-electron chi connectivity index (χ4n) is 2.89. The van der Waals surface area contributed by atoms with Crippen molar-refractivity contribution in [1.82, 2.24) is 9.80 Å². The summed E-state index contributed by atoms with van der Waals surface area (Å²) < 4.78 is 5.28. The summed E-state index contributed by atoms with van der Waals surface area (Å²) in [5.41, 5.74) is 0.368. The summed E-state index contributed by atoms with van der Waals surface area (Å²) in [5, 5.41) is 0.786. The van der Waals surface area contributed by atoms with Crippen LogP contribution < -0.4 is 4.74 Å². The second-order valence-corrected chi connectivity index (χ2v) is 6.79. The van der Waals surface area contributed by atoms with Crippen LogP contribution in [0.15, 0.2) is 12.1 Å². The lowest BCUT2D eigenvalue weighted by atomic mass is 10.1. The number of amides is 1. The fourth-order valence-corrected chi connectivity index (χ4v) is 3.35. The van der Waals surface area contributed by atoms with E-state index >= 15 is 0 Å². The van der Waals surface area contributed by atoms with Crippen LogP contribution in [0.4, 0.5) is 0 Å². The predicted molar refractivity (Wildman–Crippen MR) is 88.1 cm³/mol. The van der Waals surface area contributed by atoms with Gasteiger partial charge in [0.25, 0.3) is 5.91 Å². The van der Waals surface area contributed by atoms with Crippen molar-refractivity contribution >= 4 is 29.1 Å². The molecule has 2 aliphatic rings. The molecule has 0 radical (unpaired) electrons. The second kappa shape index (κ2) is 6.65. The van der Waals surface area contributed by atoms with Crippen molar-refractivity contribution in [1.29, 1.82) is 0 Å². The summed E-state index contributed by atoms with van der Waals surface area (Å²) in [7, 11) is 1.50. The third kappa shape index (κ3) is 3.34. The Morgan fingerprint density at radius 3 is 2.41 bits per heavy atom. The Morgan fingerprint density at radius 1 is 1.18 bits per heavy atom. The lowest BCUT2D eigenvalue weighted by Gasteiger charge is -2.35. The van der Waals surface area contributed by atoms with Gasteiger partial charge in [-0.1, -0.05) is 23.2 Å². The van der Waals surface area contributed by atoms with E-state index in [-0.39, 0.29) is 5.91 Å². The summed E-state index contributed by atoms with van der Waals surface area (Å²) in [6.07, 6.45) is 2.71. The van der Waals surface area contributed by atoms with Crippen molar-refractivity contribution in [2.24, 2.45) is 5.92 Å². The number of ether oxygens (including phenoxy) is 1.